The van der Waals surface area contributed by atoms with Crippen molar-refractivity contribution in [2.75, 3.05) is 6.61 Å². The Morgan fingerprint density at radius 1 is 0.423 bits per heavy atom. The second kappa shape index (κ2) is 23.0. The van der Waals surface area contributed by atoms with Crippen molar-refractivity contribution in [3.05, 3.63) is 0 Å². The van der Waals surface area contributed by atoms with Crippen molar-refractivity contribution in [3.63, 3.8) is 0 Å². The molecule has 0 fully saturated rings. The molecule has 0 spiro atoms. The molecule has 158 valence electrons. The van der Waals surface area contributed by atoms with Crippen LogP contribution in [0.1, 0.15) is 149 Å². The lowest BCUT2D eigenvalue weighted by atomic mass is 9.91. The van der Waals surface area contributed by atoms with Crippen molar-refractivity contribution in [2.45, 2.75) is 149 Å². The number of aliphatic hydroxyl groups excluding tert-OH is 1. The fourth-order valence-electron chi connectivity index (χ4n) is 4.10. The zero-order chi connectivity index (χ0) is 19.1. The van der Waals surface area contributed by atoms with Crippen LogP contribution in [0.25, 0.3) is 0 Å². The van der Waals surface area contributed by atoms with Gasteiger partial charge in [0.2, 0.25) is 0 Å². The summed E-state index contributed by atoms with van der Waals surface area (Å²) in [6, 6.07) is 0. The minimum atomic E-state index is 0.388. The van der Waals surface area contributed by atoms with E-state index >= 15 is 0 Å². The highest BCUT2D eigenvalue weighted by Gasteiger charge is 2.08. The van der Waals surface area contributed by atoms with Crippen LogP contribution in [-0.2, 0) is 0 Å². The zero-order valence-electron chi connectivity index (χ0n) is 18.6. The second-order valence-electron chi connectivity index (χ2n) is 8.61. The lowest BCUT2D eigenvalue weighted by molar-refractivity contribution is 0.241. The highest BCUT2D eigenvalue weighted by atomic mass is 16.3. The smallest absolute Gasteiger partial charge is 0.0433 e. The molecule has 0 amide bonds. The standard InChI is InChI=1S/C25H52O/c1-3-5-7-9-11-13-14-16-18-20-22-25(23-24-26)21-19-17-15-12-10-8-6-4-2/h25-26H,3-24H2,1-2H3. The molecule has 1 heteroatoms. The van der Waals surface area contributed by atoms with Crippen molar-refractivity contribution in [1.82, 2.24) is 0 Å². The van der Waals surface area contributed by atoms with Crippen LogP contribution in [0.2, 0.25) is 0 Å². The summed E-state index contributed by atoms with van der Waals surface area (Å²) in [4.78, 5) is 0. The molecule has 1 unspecified atom stereocenters. The topological polar surface area (TPSA) is 20.2 Å². The largest absolute Gasteiger partial charge is 0.396 e. The van der Waals surface area contributed by atoms with Crippen molar-refractivity contribution >= 4 is 0 Å². The predicted molar refractivity (Wildman–Crippen MR) is 119 cm³/mol. The van der Waals surface area contributed by atoms with Gasteiger partial charge < -0.3 is 5.11 Å². The van der Waals surface area contributed by atoms with Crippen LogP contribution in [0.3, 0.4) is 0 Å². The summed E-state index contributed by atoms with van der Waals surface area (Å²) in [5.41, 5.74) is 0. The highest BCUT2D eigenvalue weighted by Crippen LogP contribution is 2.22. The van der Waals surface area contributed by atoms with Crippen LogP contribution in [0, 0.1) is 5.92 Å². The Kier molecular flexibility index (Phi) is 23.0. The number of hydrogen-bond acceptors (Lipinski definition) is 1. The molecule has 0 bridgehead atoms. The van der Waals surface area contributed by atoms with Gasteiger partial charge in [-0.2, -0.15) is 0 Å². The Morgan fingerprint density at radius 2 is 0.731 bits per heavy atom. The molecule has 1 N–H and O–H groups in total. The zero-order valence-corrected chi connectivity index (χ0v) is 18.6. The summed E-state index contributed by atoms with van der Waals surface area (Å²) >= 11 is 0. The molecule has 0 radical (unpaired) electrons. The quantitative estimate of drug-likeness (QED) is 0.189. The third-order valence-corrected chi connectivity index (χ3v) is 5.97. The molecule has 0 aliphatic rings. The van der Waals surface area contributed by atoms with Crippen molar-refractivity contribution in [1.29, 1.82) is 0 Å². The predicted octanol–water partition coefficient (Wildman–Crippen LogP) is 8.83. The molecule has 0 aromatic carbocycles. The number of aliphatic hydroxyl groups is 1. The molecule has 0 rings (SSSR count). The average Bonchev–Trinajstić information content (AvgIpc) is 2.65. The maximum atomic E-state index is 9.32. The Labute approximate surface area is 166 Å². The maximum absolute atomic E-state index is 9.32. The Morgan fingerprint density at radius 3 is 1.04 bits per heavy atom. The van der Waals surface area contributed by atoms with Crippen LogP contribution < -0.4 is 0 Å². The number of rotatable bonds is 22. The van der Waals surface area contributed by atoms with Crippen LogP contribution in [0.4, 0.5) is 0 Å². The van der Waals surface area contributed by atoms with Gasteiger partial charge in [0.1, 0.15) is 0 Å². The summed E-state index contributed by atoms with van der Waals surface area (Å²) in [7, 11) is 0. The molecule has 0 saturated heterocycles. The molecular formula is C25H52O. The lowest BCUT2D eigenvalue weighted by Crippen LogP contribution is -2.03. The number of unbranched alkanes of at least 4 members (excludes halogenated alkanes) is 16. The first-order chi connectivity index (χ1) is 12.8. The summed E-state index contributed by atoms with van der Waals surface area (Å²) in [5, 5.41) is 9.32. The molecule has 0 aliphatic heterocycles. The molecule has 26 heavy (non-hydrogen) atoms. The molecule has 0 aromatic rings. The molecular weight excluding hydrogens is 316 g/mol. The molecule has 0 saturated carbocycles. The highest BCUT2D eigenvalue weighted by molar-refractivity contribution is 4.61. The SMILES string of the molecule is CCCCCCCCCCCCC(CCO)CCCCCCCCCC. The summed E-state index contributed by atoms with van der Waals surface area (Å²) in [5.74, 6) is 0.786. The van der Waals surface area contributed by atoms with Gasteiger partial charge in [0, 0.05) is 6.61 Å². The van der Waals surface area contributed by atoms with E-state index in [0.29, 0.717) is 6.61 Å². The number of hydrogen-bond donors (Lipinski definition) is 1. The van der Waals surface area contributed by atoms with Crippen LogP contribution >= 0.6 is 0 Å². The van der Waals surface area contributed by atoms with Crippen LogP contribution in [-0.4, -0.2) is 11.7 Å². The van der Waals surface area contributed by atoms with Crippen molar-refractivity contribution < 1.29 is 5.11 Å². The van der Waals surface area contributed by atoms with Gasteiger partial charge in [-0.05, 0) is 12.3 Å². The van der Waals surface area contributed by atoms with E-state index in [2.05, 4.69) is 13.8 Å². The van der Waals surface area contributed by atoms with E-state index in [-0.39, 0.29) is 0 Å². The van der Waals surface area contributed by atoms with Gasteiger partial charge >= 0.3 is 0 Å². The average molecular weight is 369 g/mol. The molecule has 1 atom stereocenters. The maximum Gasteiger partial charge on any atom is 0.0433 e. The lowest BCUT2D eigenvalue weighted by Gasteiger charge is -2.15. The third kappa shape index (κ3) is 20.3. The van der Waals surface area contributed by atoms with E-state index in [9.17, 15) is 5.11 Å². The molecule has 1 nitrogen and oxygen atoms in total. The van der Waals surface area contributed by atoms with E-state index < -0.39 is 0 Å². The van der Waals surface area contributed by atoms with Crippen LogP contribution in [0.5, 0.6) is 0 Å². The third-order valence-electron chi connectivity index (χ3n) is 5.97. The van der Waals surface area contributed by atoms with E-state index in [1.54, 1.807) is 0 Å². The molecule has 0 aliphatic carbocycles. The van der Waals surface area contributed by atoms with Gasteiger partial charge in [0.05, 0.1) is 0 Å². The molecule has 0 aromatic heterocycles. The first-order valence-corrected chi connectivity index (χ1v) is 12.5. The Bertz CT molecular complexity index is 238. The molecule has 0 heterocycles. The van der Waals surface area contributed by atoms with Gasteiger partial charge in [0.15, 0.2) is 0 Å². The van der Waals surface area contributed by atoms with E-state index in [1.165, 1.54) is 128 Å². The monoisotopic (exact) mass is 368 g/mol. The minimum Gasteiger partial charge on any atom is -0.396 e. The first kappa shape index (κ1) is 26.0. The Hall–Kier alpha value is -0.0400. The van der Waals surface area contributed by atoms with Crippen molar-refractivity contribution in [2.24, 2.45) is 5.92 Å². The second-order valence-corrected chi connectivity index (χ2v) is 8.61. The van der Waals surface area contributed by atoms with Gasteiger partial charge in [-0.25, -0.2) is 0 Å². The summed E-state index contributed by atoms with van der Waals surface area (Å²) in [6.07, 6.45) is 29.3. The normalized spacial score (nSPS) is 12.6. The first-order valence-electron chi connectivity index (χ1n) is 12.5. The minimum absolute atomic E-state index is 0.388. The van der Waals surface area contributed by atoms with E-state index in [4.69, 9.17) is 0 Å². The van der Waals surface area contributed by atoms with E-state index in [1.807, 2.05) is 0 Å². The van der Waals surface area contributed by atoms with Crippen LogP contribution in [0.15, 0.2) is 0 Å². The van der Waals surface area contributed by atoms with Gasteiger partial charge in [0.25, 0.3) is 0 Å². The summed E-state index contributed by atoms with van der Waals surface area (Å²) < 4.78 is 0. The summed E-state index contributed by atoms with van der Waals surface area (Å²) in [6.45, 7) is 4.97. The van der Waals surface area contributed by atoms with Gasteiger partial charge in [-0.1, -0.05) is 142 Å². The fourth-order valence-corrected chi connectivity index (χ4v) is 4.10. The Balaban J connectivity index is 3.41. The fraction of sp³-hybridized carbons (Fsp3) is 1.00. The van der Waals surface area contributed by atoms with Gasteiger partial charge in [-0.15, -0.1) is 0 Å². The van der Waals surface area contributed by atoms with Gasteiger partial charge in [-0.3, -0.25) is 0 Å². The van der Waals surface area contributed by atoms with Crippen molar-refractivity contribution in [3.8, 4) is 0 Å². The van der Waals surface area contributed by atoms with E-state index in [0.717, 1.165) is 12.3 Å².